The van der Waals surface area contributed by atoms with Gasteiger partial charge >= 0.3 is 0 Å². The molecule has 126 valence electrons. The summed E-state index contributed by atoms with van der Waals surface area (Å²) in [7, 11) is 0. The molecule has 0 spiro atoms. The second kappa shape index (κ2) is 8.01. The summed E-state index contributed by atoms with van der Waals surface area (Å²) in [6.07, 6.45) is 8.11. The predicted molar refractivity (Wildman–Crippen MR) is 101 cm³/mol. The lowest BCUT2D eigenvalue weighted by atomic mass is 10.2. The molecule has 3 rings (SSSR count). The molecule has 1 fully saturated rings. The summed E-state index contributed by atoms with van der Waals surface area (Å²) >= 11 is 5.46. The summed E-state index contributed by atoms with van der Waals surface area (Å²) < 4.78 is 0. The Morgan fingerprint density at radius 2 is 2.04 bits per heavy atom. The van der Waals surface area contributed by atoms with Crippen molar-refractivity contribution in [3.63, 3.8) is 0 Å². The van der Waals surface area contributed by atoms with Crippen LogP contribution in [0, 0.1) is 0 Å². The molecule has 0 atom stereocenters. The van der Waals surface area contributed by atoms with Crippen molar-refractivity contribution in [2.24, 2.45) is 10.1 Å². The molecule has 3 heterocycles. The van der Waals surface area contributed by atoms with Gasteiger partial charge in [0.05, 0.1) is 11.4 Å². The van der Waals surface area contributed by atoms with E-state index in [1.54, 1.807) is 6.20 Å². The molecule has 0 aliphatic carbocycles. The largest absolute Gasteiger partial charge is 0.353 e. The van der Waals surface area contributed by atoms with Gasteiger partial charge in [0.25, 0.3) is 0 Å². The number of piperazine rings is 1. The van der Waals surface area contributed by atoms with Gasteiger partial charge in [0.15, 0.2) is 5.11 Å². The molecule has 24 heavy (non-hydrogen) atoms. The summed E-state index contributed by atoms with van der Waals surface area (Å²) in [4.78, 5) is 13.2. The Morgan fingerprint density at radius 1 is 1.21 bits per heavy atom. The topological polar surface area (TPSA) is 56.1 Å². The van der Waals surface area contributed by atoms with Crippen LogP contribution in [0.5, 0.6) is 0 Å². The molecule has 1 aromatic heterocycles. The van der Waals surface area contributed by atoms with Gasteiger partial charge in [-0.2, -0.15) is 5.10 Å². The zero-order valence-corrected chi connectivity index (χ0v) is 14.7. The van der Waals surface area contributed by atoms with E-state index in [0.717, 1.165) is 56.2 Å². The number of pyridine rings is 1. The number of rotatable bonds is 3. The van der Waals surface area contributed by atoms with Crippen molar-refractivity contribution in [2.45, 2.75) is 19.8 Å². The minimum absolute atomic E-state index is 0.658. The SMILES string of the molecule is C/C(=N\NC(=S)N1CCN(C2=CCCC=N2)CC1)c1ccccn1. The monoisotopic (exact) mass is 342 g/mol. The second-order valence-electron chi connectivity index (χ2n) is 5.75. The van der Waals surface area contributed by atoms with Gasteiger partial charge in [0.2, 0.25) is 0 Å². The van der Waals surface area contributed by atoms with Gasteiger partial charge in [-0.15, -0.1) is 0 Å². The van der Waals surface area contributed by atoms with Gasteiger partial charge in [-0.1, -0.05) is 6.07 Å². The lowest BCUT2D eigenvalue weighted by molar-refractivity contribution is 0.218. The summed E-state index contributed by atoms with van der Waals surface area (Å²) in [5.41, 5.74) is 4.65. The molecule has 1 saturated heterocycles. The number of nitrogens with zero attached hydrogens (tertiary/aromatic N) is 5. The molecular weight excluding hydrogens is 320 g/mol. The fraction of sp³-hybridized carbons (Fsp3) is 0.412. The molecule has 7 heteroatoms. The maximum Gasteiger partial charge on any atom is 0.189 e. The first-order valence-corrected chi connectivity index (χ1v) is 8.63. The van der Waals surface area contributed by atoms with E-state index in [4.69, 9.17) is 12.2 Å². The van der Waals surface area contributed by atoms with Gasteiger partial charge in [-0.25, -0.2) is 4.99 Å². The number of thiocarbonyl (C=S) groups is 1. The van der Waals surface area contributed by atoms with E-state index in [0.29, 0.717) is 5.11 Å². The normalized spacial score (nSPS) is 18.4. The Morgan fingerprint density at radius 3 is 2.71 bits per heavy atom. The molecule has 0 radical (unpaired) electrons. The van der Waals surface area contributed by atoms with E-state index < -0.39 is 0 Å². The fourth-order valence-electron chi connectivity index (χ4n) is 2.68. The maximum atomic E-state index is 5.46. The molecule has 6 nitrogen and oxygen atoms in total. The molecule has 1 aromatic rings. The number of hydrazone groups is 1. The predicted octanol–water partition coefficient (Wildman–Crippen LogP) is 2.00. The van der Waals surface area contributed by atoms with Gasteiger partial charge in [-0.05, 0) is 50.2 Å². The second-order valence-corrected chi connectivity index (χ2v) is 6.14. The Bertz CT molecular complexity index is 659. The minimum atomic E-state index is 0.658. The first-order valence-electron chi connectivity index (χ1n) is 8.22. The Hall–Kier alpha value is -2.28. The Labute approximate surface area is 148 Å². The summed E-state index contributed by atoms with van der Waals surface area (Å²) in [6, 6.07) is 5.77. The molecule has 0 bridgehead atoms. The van der Waals surface area contributed by atoms with Crippen LogP contribution in [-0.4, -0.2) is 58.0 Å². The zero-order valence-electron chi connectivity index (χ0n) is 13.9. The third-order valence-electron chi connectivity index (χ3n) is 4.09. The highest BCUT2D eigenvalue weighted by atomic mass is 32.1. The number of allylic oxidation sites excluding steroid dienone is 1. The van der Waals surface area contributed by atoms with Crippen LogP contribution in [0.25, 0.3) is 0 Å². The third-order valence-corrected chi connectivity index (χ3v) is 4.44. The maximum absolute atomic E-state index is 5.46. The van der Waals surface area contributed by atoms with Crippen LogP contribution in [0.1, 0.15) is 25.5 Å². The summed E-state index contributed by atoms with van der Waals surface area (Å²) in [5.74, 6) is 1.10. The molecule has 2 aliphatic heterocycles. The van der Waals surface area contributed by atoms with Crippen LogP contribution >= 0.6 is 12.2 Å². The Balaban J connectivity index is 1.50. The van der Waals surface area contributed by atoms with E-state index in [-0.39, 0.29) is 0 Å². The fourth-order valence-corrected chi connectivity index (χ4v) is 2.91. The number of hydrogen-bond donors (Lipinski definition) is 1. The highest BCUT2D eigenvalue weighted by Crippen LogP contribution is 2.14. The number of aliphatic imine (C=N–C) groups is 1. The van der Waals surface area contributed by atoms with Gasteiger partial charge < -0.3 is 9.80 Å². The van der Waals surface area contributed by atoms with Crippen LogP contribution in [0.2, 0.25) is 0 Å². The van der Waals surface area contributed by atoms with Gasteiger partial charge in [0.1, 0.15) is 5.82 Å². The number of hydrogen-bond acceptors (Lipinski definition) is 5. The van der Waals surface area contributed by atoms with E-state index in [9.17, 15) is 0 Å². The van der Waals surface area contributed by atoms with E-state index in [2.05, 4.69) is 36.4 Å². The van der Waals surface area contributed by atoms with E-state index in [1.165, 1.54) is 0 Å². The van der Waals surface area contributed by atoms with Crippen LogP contribution < -0.4 is 5.43 Å². The molecule has 0 unspecified atom stereocenters. The van der Waals surface area contributed by atoms with Crippen molar-refractivity contribution in [3.8, 4) is 0 Å². The van der Waals surface area contributed by atoms with Crippen molar-refractivity contribution >= 4 is 29.3 Å². The van der Waals surface area contributed by atoms with Crippen molar-refractivity contribution in [2.75, 3.05) is 26.2 Å². The van der Waals surface area contributed by atoms with Gasteiger partial charge in [-0.3, -0.25) is 10.4 Å². The molecular formula is C17H22N6S. The number of nitrogens with one attached hydrogen (secondary N) is 1. The quantitative estimate of drug-likeness (QED) is 0.517. The molecule has 1 N–H and O–H groups in total. The highest BCUT2D eigenvalue weighted by Gasteiger charge is 2.20. The van der Waals surface area contributed by atoms with Gasteiger partial charge in [0, 0.05) is 38.6 Å². The van der Waals surface area contributed by atoms with Crippen molar-refractivity contribution in [1.82, 2.24) is 20.2 Å². The van der Waals surface area contributed by atoms with Crippen LogP contribution in [0.4, 0.5) is 0 Å². The average molecular weight is 342 g/mol. The number of aromatic nitrogens is 1. The molecule has 2 aliphatic rings. The first-order chi connectivity index (χ1) is 11.7. The zero-order chi connectivity index (χ0) is 16.8. The first kappa shape index (κ1) is 16.6. The van der Waals surface area contributed by atoms with Crippen LogP contribution in [0.15, 0.2) is 46.4 Å². The Kier molecular flexibility index (Phi) is 5.53. The molecule has 0 saturated carbocycles. The third kappa shape index (κ3) is 4.17. The smallest absolute Gasteiger partial charge is 0.189 e. The molecule has 0 aromatic carbocycles. The van der Waals surface area contributed by atoms with Crippen molar-refractivity contribution in [1.29, 1.82) is 0 Å². The summed E-state index contributed by atoms with van der Waals surface area (Å²) in [6.45, 7) is 5.51. The lowest BCUT2D eigenvalue weighted by Gasteiger charge is -2.37. The lowest BCUT2D eigenvalue weighted by Crippen LogP contribution is -2.50. The standard InChI is InChI=1S/C17H22N6S/c1-14(15-6-2-4-8-18-15)20-21-17(24)23-12-10-22(11-13-23)16-7-3-5-9-19-16/h2,4,6-9H,3,5,10-13H2,1H3,(H,21,24)/b20-14+. The highest BCUT2D eigenvalue weighted by molar-refractivity contribution is 7.80. The van der Waals surface area contributed by atoms with Crippen molar-refractivity contribution in [3.05, 3.63) is 42.0 Å². The van der Waals surface area contributed by atoms with E-state index >= 15 is 0 Å². The minimum Gasteiger partial charge on any atom is -0.353 e. The summed E-state index contributed by atoms with van der Waals surface area (Å²) in [5, 5.41) is 5.01. The van der Waals surface area contributed by atoms with Crippen molar-refractivity contribution < 1.29 is 0 Å². The molecule has 0 amide bonds. The van der Waals surface area contributed by atoms with Crippen LogP contribution in [0.3, 0.4) is 0 Å². The van der Waals surface area contributed by atoms with E-state index in [1.807, 2.05) is 31.3 Å². The van der Waals surface area contributed by atoms with Crippen LogP contribution in [-0.2, 0) is 0 Å². The average Bonchev–Trinajstić information content (AvgIpc) is 2.67.